The lowest BCUT2D eigenvalue weighted by atomic mass is 9.90. The Morgan fingerprint density at radius 1 is 1.06 bits per heavy atom. The standard InChI is InChI=1S/C46H61F2N9O4Si/c1-43(2,3)62(7,8)21-13-29-22-32-31(24-49-57(32)33-12-9-10-19-60-33)34(36(29)46(48)15-16-46)37-39-38(54(6)52-37)35-40(53(39)5)50-42(51-41(35)55-18-20-59-27-44(4,58)26-55)61-28-45-14-11-17-56(45)25-30(47)23-45/h22,24,30,33,58H,9-12,14-20,23,25-28H2,1-8H3/t30-,33?,44+,45+/m1/s1. The van der Waals surface area contributed by atoms with Crippen LogP contribution in [0.3, 0.4) is 0 Å². The minimum atomic E-state index is -2.12. The molecule has 1 N–H and O–H groups in total. The summed E-state index contributed by atoms with van der Waals surface area (Å²) in [6, 6.07) is 2.23. The number of hydrogen-bond acceptors (Lipinski definition) is 10. The van der Waals surface area contributed by atoms with E-state index in [0.717, 1.165) is 66.0 Å². The van der Waals surface area contributed by atoms with Gasteiger partial charge in [0.15, 0.2) is 11.9 Å². The Kier molecular flexibility index (Phi) is 9.92. The van der Waals surface area contributed by atoms with Gasteiger partial charge in [0, 0.05) is 62.3 Å². The first-order valence-electron chi connectivity index (χ1n) is 22.6. The van der Waals surface area contributed by atoms with Crippen molar-refractivity contribution in [1.82, 2.24) is 39.0 Å². The van der Waals surface area contributed by atoms with Crippen LogP contribution in [0.4, 0.5) is 14.6 Å². The van der Waals surface area contributed by atoms with Crippen molar-refractivity contribution in [2.24, 2.45) is 14.1 Å². The van der Waals surface area contributed by atoms with Gasteiger partial charge >= 0.3 is 6.01 Å². The molecule has 62 heavy (non-hydrogen) atoms. The van der Waals surface area contributed by atoms with Crippen LogP contribution in [0.15, 0.2) is 12.3 Å². The lowest BCUT2D eigenvalue weighted by molar-refractivity contribution is -0.0366. The van der Waals surface area contributed by atoms with E-state index in [9.17, 15) is 9.50 Å². The Labute approximate surface area is 363 Å². The number of fused-ring (bicyclic) bond motifs is 5. The molecular formula is C46H61F2N9O4Si. The van der Waals surface area contributed by atoms with E-state index in [-0.39, 0.29) is 37.0 Å². The Bertz CT molecular complexity index is 2640. The SMILES string of the molecule is Cn1nc(-c2c(C3(F)CC3)c(C#C[Si](C)(C)C(C)(C)C)cc3c2cnn3C2CCCCO2)c2c1c1c(N3CCOC[C@@](C)(O)C3)nc(OC[C@@]34CCCN3C[C@H](F)C4)nc1n2C. The summed E-state index contributed by atoms with van der Waals surface area (Å²) < 4.78 is 56.8. The smallest absolute Gasteiger partial charge is 0.320 e. The van der Waals surface area contributed by atoms with Crippen LogP contribution in [0.2, 0.25) is 18.1 Å². The number of aliphatic hydroxyl groups is 1. The summed E-state index contributed by atoms with van der Waals surface area (Å²) in [5.41, 5.74) is 6.05. The zero-order valence-corrected chi connectivity index (χ0v) is 38.6. The Morgan fingerprint density at radius 2 is 1.87 bits per heavy atom. The second-order valence-corrected chi connectivity index (χ2v) is 25.7. The van der Waals surface area contributed by atoms with Crippen molar-refractivity contribution in [3.8, 4) is 28.7 Å². The van der Waals surface area contributed by atoms with Crippen LogP contribution in [0.1, 0.15) is 96.4 Å². The average molecular weight is 870 g/mol. The van der Waals surface area contributed by atoms with Crippen molar-refractivity contribution in [1.29, 1.82) is 0 Å². The van der Waals surface area contributed by atoms with E-state index in [1.165, 1.54) is 0 Å². The van der Waals surface area contributed by atoms with Gasteiger partial charge in [-0.05, 0) is 69.5 Å². The molecule has 13 nitrogen and oxygen atoms in total. The fourth-order valence-corrected chi connectivity index (χ4v) is 11.1. The molecule has 332 valence electrons. The number of anilines is 1. The molecule has 1 aromatic carbocycles. The first-order chi connectivity index (χ1) is 29.4. The molecule has 1 unspecified atom stereocenters. The van der Waals surface area contributed by atoms with Gasteiger partial charge in [-0.1, -0.05) is 39.8 Å². The second kappa shape index (κ2) is 14.7. The predicted octanol–water partition coefficient (Wildman–Crippen LogP) is 7.47. The highest BCUT2D eigenvalue weighted by Gasteiger charge is 2.51. The van der Waals surface area contributed by atoms with E-state index in [2.05, 4.69) is 50.2 Å². The normalized spacial score (nSPS) is 26.9. The lowest BCUT2D eigenvalue weighted by Gasteiger charge is -2.31. The van der Waals surface area contributed by atoms with E-state index in [1.807, 2.05) is 45.2 Å². The van der Waals surface area contributed by atoms with Crippen LogP contribution in [-0.2, 0) is 29.2 Å². The molecule has 4 aliphatic heterocycles. The van der Waals surface area contributed by atoms with Crippen molar-refractivity contribution in [3.63, 3.8) is 0 Å². The monoisotopic (exact) mass is 869 g/mol. The van der Waals surface area contributed by atoms with Crippen LogP contribution in [0.5, 0.6) is 6.01 Å². The number of nitrogens with zero attached hydrogens (tertiary/aromatic N) is 9. The molecule has 10 rings (SSSR count). The summed E-state index contributed by atoms with van der Waals surface area (Å²) >= 11 is 0. The fraction of sp³-hybridized carbons (Fsp3) is 0.652. The maximum Gasteiger partial charge on any atom is 0.320 e. The first kappa shape index (κ1) is 41.8. The molecule has 4 aromatic heterocycles. The molecule has 5 aliphatic rings. The molecule has 16 heteroatoms. The maximum atomic E-state index is 17.4. The Hall–Kier alpha value is -4.14. The van der Waals surface area contributed by atoms with Crippen LogP contribution in [-0.4, -0.2) is 122 Å². The number of β-amino-alcohol motifs (C(OH)–C–C–N with tert-alkyl or cyclic N) is 1. The number of rotatable bonds is 7. The van der Waals surface area contributed by atoms with E-state index in [4.69, 9.17) is 34.4 Å². The highest BCUT2D eigenvalue weighted by Crippen LogP contribution is 2.56. The van der Waals surface area contributed by atoms with Crippen LogP contribution in [0.25, 0.3) is 44.2 Å². The van der Waals surface area contributed by atoms with Crippen molar-refractivity contribution in [2.75, 3.05) is 57.5 Å². The number of ether oxygens (including phenoxy) is 3. The third kappa shape index (κ3) is 6.92. The summed E-state index contributed by atoms with van der Waals surface area (Å²) in [5, 5.41) is 23.2. The van der Waals surface area contributed by atoms with Gasteiger partial charge in [0.2, 0.25) is 0 Å². The molecule has 5 aromatic rings. The van der Waals surface area contributed by atoms with Gasteiger partial charge in [-0.15, -0.1) is 5.54 Å². The van der Waals surface area contributed by atoms with Crippen LogP contribution in [0, 0.1) is 11.5 Å². The molecular weight excluding hydrogens is 809 g/mol. The molecule has 0 bridgehead atoms. The molecule has 5 fully saturated rings. The highest BCUT2D eigenvalue weighted by molar-refractivity contribution is 6.87. The van der Waals surface area contributed by atoms with Gasteiger partial charge < -0.3 is 28.8 Å². The van der Waals surface area contributed by atoms with E-state index >= 15 is 4.39 Å². The number of hydrogen-bond donors (Lipinski definition) is 1. The molecule has 0 spiro atoms. The molecule has 0 amide bonds. The van der Waals surface area contributed by atoms with Crippen molar-refractivity contribution < 1.29 is 28.1 Å². The third-order valence-corrected chi connectivity index (χ3v) is 19.3. The molecule has 1 aliphatic carbocycles. The minimum absolute atomic E-state index is 0.00524. The fourth-order valence-electron chi connectivity index (χ4n) is 10.3. The average Bonchev–Trinajstić information content (AvgIpc) is 3.53. The number of benzene rings is 1. The van der Waals surface area contributed by atoms with Crippen molar-refractivity contribution >= 4 is 46.9 Å². The summed E-state index contributed by atoms with van der Waals surface area (Å²) in [7, 11) is 1.75. The molecule has 8 heterocycles. The van der Waals surface area contributed by atoms with Gasteiger partial charge in [-0.2, -0.15) is 20.2 Å². The lowest BCUT2D eigenvalue weighted by Crippen LogP contribution is -2.44. The first-order valence-corrected chi connectivity index (χ1v) is 25.6. The van der Waals surface area contributed by atoms with E-state index in [1.54, 1.807) is 6.92 Å². The number of aromatic nitrogens is 7. The highest BCUT2D eigenvalue weighted by atomic mass is 28.3. The number of alkyl halides is 2. The summed E-state index contributed by atoms with van der Waals surface area (Å²) in [6.07, 6.45) is 6.62. The molecule has 4 atom stereocenters. The van der Waals surface area contributed by atoms with Crippen LogP contribution >= 0.6 is 0 Å². The van der Waals surface area contributed by atoms with Gasteiger partial charge in [0.05, 0.1) is 53.4 Å². The number of halogens is 2. The summed E-state index contributed by atoms with van der Waals surface area (Å²) in [6.45, 7) is 16.5. The minimum Gasteiger partial charge on any atom is -0.461 e. The third-order valence-electron chi connectivity index (χ3n) is 14.8. The van der Waals surface area contributed by atoms with Gasteiger partial charge in [0.1, 0.15) is 43.6 Å². The molecule has 1 saturated carbocycles. The van der Waals surface area contributed by atoms with E-state index in [0.29, 0.717) is 79.4 Å². The second-order valence-electron chi connectivity index (χ2n) is 20.7. The zero-order valence-electron chi connectivity index (χ0n) is 37.6. The van der Waals surface area contributed by atoms with Gasteiger partial charge in [-0.3, -0.25) is 9.58 Å². The van der Waals surface area contributed by atoms with Crippen LogP contribution < -0.4 is 9.64 Å². The van der Waals surface area contributed by atoms with Crippen molar-refractivity contribution in [2.45, 2.75) is 126 Å². The Balaban J connectivity index is 1.22. The molecule has 4 saturated heterocycles. The predicted molar refractivity (Wildman–Crippen MR) is 239 cm³/mol. The summed E-state index contributed by atoms with van der Waals surface area (Å²) in [4.78, 5) is 14.5. The van der Waals surface area contributed by atoms with Crippen molar-refractivity contribution in [3.05, 3.63) is 23.4 Å². The quantitative estimate of drug-likeness (QED) is 0.130. The van der Waals surface area contributed by atoms with Gasteiger partial charge in [0.25, 0.3) is 0 Å². The van der Waals surface area contributed by atoms with Gasteiger partial charge in [-0.25, -0.2) is 13.5 Å². The largest absolute Gasteiger partial charge is 0.461 e. The van der Waals surface area contributed by atoms with E-state index < -0.39 is 31.1 Å². The number of aryl methyl sites for hydroxylation is 2. The zero-order chi connectivity index (χ0) is 43.6. The maximum absolute atomic E-state index is 17.4. The molecule has 0 radical (unpaired) electrons. The topological polar surface area (TPSA) is 121 Å². The Morgan fingerprint density at radius 3 is 2.61 bits per heavy atom. The summed E-state index contributed by atoms with van der Waals surface area (Å²) in [5.74, 6) is 4.17.